The number of carbonyl (C=O) groups excluding carboxylic acids is 1. The molecule has 0 fully saturated rings. The van der Waals surface area contributed by atoms with Gasteiger partial charge in [-0.25, -0.2) is 15.0 Å². The highest BCUT2D eigenvalue weighted by atomic mass is 32.2. The van der Waals surface area contributed by atoms with Gasteiger partial charge >= 0.3 is 0 Å². The Morgan fingerprint density at radius 2 is 1.71 bits per heavy atom. The number of anilines is 1. The third-order valence-electron chi connectivity index (χ3n) is 3.96. The number of H-pyrrole nitrogens is 1. The molecular formula is C20H16N6OS. The fourth-order valence-electron chi connectivity index (χ4n) is 2.60. The van der Waals surface area contributed by atoms with Crippen molar-refractivity contribution in [3.8, 4) is 11.4 Å². The number of aromatic amines is 1. The van der Waals surface area contributed by atoms with Gasteiger partial charge in [-0.3, -0.25) is 9.89 Å². The van der Waals surface area contributed by atoms with Crippen LogP contribution < -0.4 is 5.32 Å². The Morgan fingerprint density at radius 1 is 0.964 bits per heavy atom. The molecule has 0 spiro atoms. The van der Waals surface area contributed by atoms with E-state index in [2.05, 4.69) is 30.5 Å². The van der Waals surface area contributed by atoms with Crippen LogP contribution in [0.4, 0.5) is 5.69 Å². The number of amides is 1. The number of hydrogen-bond acceptors (Lipinski definition) is 6. The molecule has 0 bridgehead atoms. The summed E-state index contributed by atoms with van der Waals surface area (Å²) in [5.74, 6) is 1.01. The van der Waals surface area contributed by atoms with Gasteiger partial charge in [-0.15, -0.1) is 0 Å². The molecule has 0 unspecified atom stereocenters. The van der Waals surface area contributed by atoms with Crippen LogP contribution in [0.5, 0.6) is 0 Å². The fraction of sp³-hybridized carbons (Fsp3) is 0.0500. The summed E-state index contributed by atoms with van der Waals surface area (Å²) in [7, 11) is 0. The summed E-state index contributed by atoms with van der Waals surface area (Å²) >= 11 is 1.48. The summed E-state index contributed by atoms with van der Waals surface area (Å²) in [5, 5.41) is 10.2. The van der Waals surface area contributed by atoms with E-state index in [1.165, 1.54) is 18.1 Å². The Kier molecular flexibility index (Phi) is 5.39. The van der Waals surface area contributed by atoms with Crippen molar-refractivity contribution in [1.29, 1.82) is 0 Å². The maximum absolute atomic E-state index is 12.7. The Morgan fingerprint density at radius 3 is 2.46 bits per heavy atom. The minimum Gasteiger partial charge on any atom is -0.319 e. The van der Waals surface area contributed by atoms with Crippen LogP contribution in [0.25, 0.3) is 11.4 Å². The van der Waals surface area contributed by atoms with E-state index in [-0.39, 0.29) is 5.91 Å². The topological polar surface area (TPSA) is 96.5 Å². The van der Waals surface area contributed by atoms with Gasteiger partial charge in [0.1, 0.15) is 6.33 Å². The summed E-state index contributed by atoms with van der Waals surface area (Å²) in [6.07, 6.45) is 4.68. The first kappa shape index (κ1) is 17.9. The molecule has 4 aromatic rings. The van der Waals surface area contributed by atoms with Crippen molar-refractivity contribution in [2.45, 2.75) is 10.9 Å². The summed E-state index contributed by atoms with van der Waals surface area (Å²) in [6.45, 7) is 0. The molecule has 28 heavy (non-hydrogen) atoms. The highest BCUT2D eigenvalue weighted by molar-refractivity contribution is 7.98. The molecule has 8 heteroatoms. The Bertz CT molecular complexity index is 1050. The number of hydrogen-bond donors (Lipinski definition) is 2. The van der Waals surface area contributed by atoms with Gasteiger partial charge in [0.25, 0.3) is 5.91 Å². The smallest absolute Gasteiger partial charge is 0.256 e. The first-order valence-electron chi connectivity index (χ1n) is 8.54. The zero-order chi connectivity index (χ0) is 19.2. The number of aromatic nitrogens is 5. The van der Waals surface area contributed by atoms with Gasteiger partial charge in [-0.05, 0) is 11.6 Å². The van der Waals surface area contributed by atoms with Gasteiger partial charge in [-0.1, -0.05) is 60.3 Å². The quantitative estimate of drug-likeness (QED) is 0.488. The van der Waals surface area contributed by atoms with Gasteiger partial charge in [0.2, 0.25) is 0 Å². The third kappa shape index (κ3) is 4.24. The van der Waals surface area contributed by atoms with Gasteiger partial charge < -0.3 is 5.32 Å². The van der Waals surface area contributed by atoms with Crippen molar-refractivity contribution in [3.63, 3.8) is 0 Å². The van der Waals surface area contributed by atoms with E-state index >= 15 is 0 Å². The molecule has 0 saturated carbocycles. The lowest BCUT2D eigenvalue weighted by molar-refractivity contribution is 0.102. The van der Waals surface area contributed by atoms with E-state index in [4.69, 9.17) is 0 Å². The summed E-state index contributed by atoms with van der Waals surface area (Å²) < 4.78 is 0. The van der Waals surface area contributed by atoms with Crippen LogP contribution in [-0.2, 0) is 5.75 Å². The predicted octanol–water partition coefficient (Wildman–Crippen LogP) is 3.81. The number of nitrogens with one attached hydrogen (secondary N) is 2. The molecule has 4 rings (SSSR count). The average molecular weight is 388 g/mol. The Labute approximate surface area is 165 Å². The fourth-order valence-corrected chi connectivity index (χ4v) is 3.39. The van der Waals surface area contributed by atoms with Crippen LogP contribution in [0.3, 0.4) is 0 Å². The van der Waals surface area contributed by atoms with E-state index in [0.29, 0.717) is 28.0 Å². The largest absolute Gasteiger partial charge is 0.319 e. The zero-order valence-electron chi connectivity index (χ0n) is 14.7. The molecule has 7 nitrogen and oxygen atoms in total. The van der Waals surface area contributed by atoms with E-state index in [1.807, 2.05) is 48.5 Å². The molecule has 0 aliphatic rings. The lowest BCUT2D eigenvalue weighted by Gasteiger charge is -2.09. The lowest BCUT2D eigenvalue weighted by atomic mass is 10.1. The normalized spacial score (nSPS) is 10.6. The number of carbonyl (C=O) groups is 1. The molecule has 2 aromatic carbocycles. The number of rotatable bonds is 6. The molecule has 2 heterocycles. The van der Waals surface area contributed by atoms with Crippen LogP contribution in [0.15, 0.2) is 78.5 Å². The SMILES string of the molecule is O=C(Nc1cnc(-c2ccccc2)nc1)c1ccccc1CSc1ncn[nH]1. The van der Waals surface area contributed by atoms with Crippen LogP contribution in [0.1, 0.15) is 15.9 Å². The molecule has 0 aliphatic heterocycles. The van der Waals surface area contributed by atoms with Crippen LogP contribution in [0, 0.1) is 0 Å². The van der Waals surface area contributed by atoms with Crippen molar-refractivity contribution < 1.29 is 4.79 Å². The van der Waals surface area contributed by atoms with Crippen LogP contribution in [-0.4, -0.2) is 31.1 Å². The minimum absolute atomic E-state index is 0.204. The van der Waals surface area contributed by atoms with Gasteiger partial charge in [-0.2, -0.15) is 5.10 Å². The van der Waals surface area contributed by atoms with Crippen molar-refractivity contribution in [2.24, 2.45) is 0 Å². The van der Waals surface area contributed by atoms with Crippen molar-refractivity contribution >= 4 is 23.4 Å². The van der Waals surface area contributed by atoms with Crippen LogP contribution in [0.2, 0.25) is 0 Å². The second-order valence-electron chi connectivity index (χ2n) is 5.85. The molecule has 1 amide bonds. The molecule has 138 valence electrons. The second kappa shape index (κ2) is 8.45. The molecule has 2 aromatic heterocycles. The summed E-state index contributed by atoms with van der Waals surface area (Å²) in [6, 6.07) is 17.2. The standard InChI is InChI=1S/C20H16N6OS/c27-19(17-9-5-4-8-15(17)12-28-20-23-13-24-26-20)25-16-10-21-18(22-11-16)14-6-2-1-3-7-14/h1-11,13H,12H2,(H,25,27)(H,23,24,26). The maximum Gasteiger partial charge on any atom is 0.256 e. The number of benzene rings is 2. The molecule has 0 aliphatic carbocycles. The lowest BCUT2D eigenvalue weighted by Crippen LogP contribution is -2.14. The highest BCUT2D eigenvalue weighted by Gasteiger charge is 2.12. The van der Waals surface area contributed by atoms with Gasteiger partial charge in [0.05, 0.1) is 18.1 Å². The average Bonchev–Trinajstić information content (AvgIpc) is 3.27. The van der Waals surface area contributed by atoms with Gasteiger partial charge in [0.15, 0.2) is 11.0 Å². The number of thioether (sulfide) groups is 1. The van der Waals surface area contributed by atoms with E-state index in [0.717, 1.165) is 11.1 Å². The highest BCUT2D eigenvalue weighted by Crippen LogP contribution is 2.22. The Balaban J connectivity index is 1.46. The minimum atomic E-state index is -0.204. The summed E-state index contributed by atoms with van der Waals surface area (Å²) in [5.41, 5.74) is 2.97. The maximum atomic E-state index is 12.7. The van der Waals surface area contributed by atoms with E-state index < -0.39 is 0 Å². The molecule has 0 atom stereocenters. The third-order valence-corrected chi connectivity index (χ3v) is 4.89. The van der Waals surface area contributed by atoms with Crippen molar-refractivity contribution in [3.05, 3.63) is 84.4 Å². The monoisotopic (exact) mass is 388 g/mol. The zero-order valence-corrected chi connectivity index (χ0v) is 15.6. The van der Waals surface area contributed by atoms with Crippen molar-refractivity contribution in [2.75, 3.05) is 5.32 Å². The summed E-state index contributed by atoms with van der Waals surface area (Å²) in [4.78, 5) is 25.5. The molecule has 0 saturated heterocycles. The van der Waals surface area contributed by atoms with E-state index in [9.17, 15) is 4.79 Å². The molecular weight excluding hydrogens is 372 g/mol. The predicted molar refractivity (Wildman–Crippen MR) is 108 cm³/mol. The second-order valence-corrected chi connectivity index (χ2v) is 6.82. The first-order chi connectivity index (χ1) is 13.8. The van der Waals surface area contributed by atoms with E-state index in [1.54, 1.807) is 18.5 Å². The molecule has 2 N–H and O–H groups in total. The number of nitrogens with zero attached hydrogens (tertiary/aromatic N) is 4. The Hall–Kier alpha value is -3.52. The van der Waals surface area contributed by atoms with Crippen molar-refractivity contribution in [1.82, 2.24) is 25.1 Å². The van der Waals surface area contributed by atoms with Crippen LogP contribution >= 0.6 is 11.8 Å². The first-order valence-corrected chi connectivity index (χ1v) is 9.53. The molecule has 0 radical (unpaired) electrons. The van der Waals surface area contributed by atoms with Gasteiger partial charge in [0, 0.05) is 16.9 Å².